The van der Waals surface area contributed by atoms with E-state index in [1.54, 1.807) is 28.0 Å². The van der Waals surface area contributed by atoms with E-state index in [9.17, 15) is 9.59 Å². The highest BCUT2D eigenvalue weighted by atomic mass is 35.5. The summed E-state index contributed by atoms with van der Waals surface area (Å²) < 4.78 is 5.21. The first-order valence-corrected chi connectivity index (χ1v) is 8.53. The molecule has 1 aliphatic heterocycles. The van der Waals surface area contributed by atoms with Gasteiger partial charge in [0, 0.05) is 31.2 Å². The number of amides is 2. The quantitative estimate of drug-likeness (QED) is 0.902. The first-order chi connectivity index (χ1) is 12.1. The summed E-state index contributed by atoms with van der Waals surface area (Å²) >= 11 is 5.86. The lowest BCUT2D eigenvalue weighted by Crippen LogP contribution is -2.50. The number of rotatable bonds is 4. The Balaban J connectivity index is 1.53. The van der Waals surface area contributed by atoms with E-state index in [1.165, 1.54) is 6.26 Å². The number of hydrogen-bond donors (Lipinski definition) is 1. The van der Waals surface area contributed by atoms with Gasteiger partial charge in [0.15, 0.2) is 0 Å². The Morgan fingerprint density at radius 3 is 2.32 bits per heavy atom. The Bertz CT molecular complexity index is 749. The maximum absolute atomic E-state index is 12.4. The van der Waals surface area contributed by atoms with E-state index < -0.39 is 0 Å². The number of carbonyl (C=O) groups excluding carboxylic acids is 2. The largest absolute Gasteiger partial charge is 0.467 e. The molecule has 0 bridgehead atoms. The highest BCUT2D eigenvalue weighted by Crippen LogP contribution is 2.14. The smallest absolute Gasteiger partial charge is 0.257 e. The molecule has 1 aliphatic rings. The summed E-state index contributed by atoms with van der Waals surface area (Å²) in [6.07, 6.45) is 1.77. The zero-order chi connectivity index (χ0) is 17.8. The van der Waals surface area contributed by atoms with Crippen molar-refractivity contribution in [3.8, 4) is 0 Å². The summed E-state index contributed by atoms with van der Waals surface area (Å²) in [4.78, 5) is 28.4. The highest BCUT2D eigenvalue weighted by molar-refractivity contribution is 6.30. The van der Waals surface area contributed by atoms with Crippen LogP contribution in [0, 0.1) is 0 Å². The first kappa shape index (κ1) is 17.5. The summed E-state index contributed by atoms with van der Waals surface area (Å²) in [6.45, 7) is 2.34. The van der Waals surface area contributed by atoms with Crippen molar-refractivity contribution in [3.63, 3.8) is 0 Å². The van der Waals surface area contributed by atoms with Crippen LogP contribution in [0.1, 0.15) is 21.7 Å². The van der Waals surface area contributed by atoms with Gasteiger partial charge in [-0.1, -0.05) is 23.7 Å². The van der Waals surface area contributed by atoms with Gasteiger partial charge in [0.05, 0.1) is 18.5 Å². The van der Waals surface area contributed by atoms with Crippen molar-refractivity contribution in [3.05, 3.63) is 58.5 Å². The second kappa shape index (κ2) is 7.72. The van der Waals surface area contributed by atoms with Crippen molar-refractivity contribution in [1.82, 2.24) is 9.80 Å². The van der Waals surface area contributed by atoms with Gasteiger partial charge in [0.1, 0.15) is 12.0 Å². The molecule has 1 saturated heterocycles. The van der Waals surface area contributed by atoms with E-state index in [0.29, 0.717) is 48.9 Å². The van der Waals surface area contributed by atoms with Crippen molar-refractivity contribution in [2.24, 2.45) is 5.73 Å². The highest BCUT2D eigenvalue weighted by Gasteiger charge is 2.25. The third-order valence-corrected chi connectivity index (χ3v) is 4.54. The predicted molar refractivity (Wildman–Crippen MR) is 94.2 cm³/mol. The van der Waals surface area contributed by atoms with E-state index in [4.69, 9.17) is 21.8 Å². The van der Waals surface area contributed by atoms with E-state index in [0.717, 1.165) is 5.56 Å². The van der Waals surface area contributed by atoms with Crippen molar-refractivity contribution < 1.29 is 14.0 Å². The topological polar surface area (TPSA) is 79.8 Å². The van der Waals surface area contributed by atoms with Crippen molar-refractivity contribution in [1.29, 1.82) is 0 Å². The number of piperazine rings is 1. The van der Waals surface area contributed by atoms with Gasteiger partial charge in [-0.3, -0.25) is 9.59 Å². The molecule has 1 aromatic carbocycles. The fraction of sp³-hybridized carbons (Fsp3) is 0.333. The van der Waals surface area contributed by atoms with Crippen LogP contribution in [0.4, 0.5) is 0 Å². The first-order valence-electron chi connectivity index (χ1n) is 8.16. The zero-order valence-electron chi connectivity index (χ0n) is 13.8. The molecular weight excluding hydrogens is 342 g/mol. The molecular formula is C18H20ClN3O3. The van der Waals surface area contributed by atoms with Gasteiger partial charge in [-0.05, 0) is 23.8 Å². The number of halogens is 1. The third-order valence-electron chi connectivity index (χ3n) is 4.29. The van der Waals surface area contributed by atoms with Crippen LogP contribution in [-0.2, 0) is 17.8 Å². The molecule has 0 atom stereocenters. The predicted octanol–water partition coefficient (Wildman–Crippen LogP) is 1.92. The van der Waals surface area contributed by atoms with Crippen molar-refractivity contribution >= 4 is 23.4 Å². The number of furan rings is 1. The molecule has 0 aliphatic carbocycles. The Labute approximate surface area is 151 Å². The molecule has 6 nitrogen and oxygen atoms in total. The molecule has 1 fully saturated rings. The normalized spacial score (nSPS) is 14.6. The Hall–Kier alpha value is -2.31. The zero-order valence-corrected chi connectivity index (χ0v) is 14.5. The molecule has 2 amide bonds. The van der Waals surface area contributed by atoms with Crippen LogP contribution >= 0.6 is 11.6 Å². The van der Waals surface area contributed by atoms with Gasteiger partial charge in [-0.15, -0.1) is 0 Å². The number of benzene rings is 1. The summed E-state index contributed by atoms with van der Waals surface area (Å²) in [5, 5.41) is 0.653. The maximum atomic E-state index is 12.4. The molecule has 1 aromatic heterocycles. The molecule has 2 N–H and O–H groups in total. The molecule has 25 heavy (non-hydrogen) atoms. The van der Waals surface area contributed by atoms with Gasteiger partial charge >= 0.3 is 0 Å². The summed E-state index contributed by atoms with van der Waals surface area (Å²) in [6, 6.07) is 8.94. The van der Waals surface area contributed by atoms with Crippen molar-refractivity contribution in [2.45, 2.75) is 13.0 Å². The van der Waals surface area contributed by atoms with Crippen LogP contribution in [0.3, 0.4) is 0 Å². The molecule has 7 heteroatoms. The van der Waals surface area contributed by atoms with Crippen LogP contribution in [0.5, 0.6) is 0 Å². The Morgan fingerprint density at radius 2 is 1.72 bits per heavy atom. The molecule has 0 saturated carbocycles. The lowest BCUT2D eigenvalue weighted by atomic mass is 10.1. The second-order valence-electron chi connectivity index (χ2n) is 5.98. The minimum Gasteiger partial charge on any atom is -0.467 e. The fourth-order valence-corrected chi connectivity index (χ4v) is 2.96. The summed E-state index contributed by atoms with van der Waals surface area (Å²) in [5.41, 5.74) is 6.93. The average Bonchev–Trinajstić information content (AvgIpc) is 3.12. The van der Waals surface area contributed by atoms with E-state index in [2.05, 4.69) is 0 Å². The van der Waals surface area contributed by atoms with Crippen LogP contribution in [0.15, 0.2) is 41.0 Å². The van der Waals surface area contributed by atoms with Crippen molar-refractivity contribution in [2.75, 3.05) is 26.2 Å². The third kappa shape index (κ3) is 4.21. The second-order valence-corrected chi connectivity index (χ2v) is 6.42. The van der Waals surface area contributed by atoms with Gasteiger partial charge < -0.3 is 20.0 Å². The molecule has 0 spiro atoms. The molecule has 3 rings (SSSR count). The van der Waals surface area contributed by atoms with Gasteiger partial charge in [0.25, 0.3) is 5.91 Å². The average molecular weight is 362 g/mol. The van der Waals surface area contributed by atoms with Gasteiger partial charge in [-0.25, -0.2) is 0 Å². The molecule has 2 heterocycles. The number of nitrogens with two attached hydrogens (primary N) is 1. The minimum absolute atomic E-state index is 0.0585. The lowest BCUT2D eigenvalue weighted by Gasteiger charge is -2.34. The van der Waals surface area contributed by atoms with Crippen LogP contribution in [0.2, 0.25) is 5.02 Å². The fourth-order valence-electron chi connectivity index (χ4n) is 2.83. The SMILES string of the molecule is NCc1cc(C(=O)N2CCN(C(=O)Cc3ccc(Cl)cc3)CC2)co1. The van der Waals surface area contributed by atoms with E-state index in [1.807, 2.05) is 12.1 Å². The number of hydrogen-bond acceptors (Lipinski definition) is 4. The summed E-state index contributed by atoms with van der Waals surface area (Å²) in [7, 11) is 0. The molecule has 0 unspecified atom stereocenters. The maximum Gasteiger partial charge on any atom is 0.257 e. The molecule has 2 aromatic rings. The standard InChI is InChI=1S/C18H20ClN3O3/c19-15-3-1-13(2-4-15)9-17(23)21-5-7-22(8-6-21)18(24)14-10-16(11-20)25-12-14/h1-4,10,12H,5-9,11,20H2. The van der Waals surface area contributed by atoms with Crippen LogP contribution < -0.4 is 5.73 Å². The Kier molecular flexibility index (Phi) is 5.40. The van der Waals surface area contributed by atoms with Gasteiger partial charge in [-0.2, -0.15) is 0 Å². The van der Waals surface area contributed by atoms with Gasteiger partial charge in [0.2, 0.25) is 5.91 Å². The number of nitrogens with zero attached hydrogens (tertiary/aromatic N) is 2. The number of carbonyl (C=O) groups is 2. The van der Waals surface area contributed by atoms with Crippen LogP contribution in [-0.4, -0.2) is 47.8 Å². The minimum atomic E-state index is -0.0896. The monoisotopic (exact) mass is 361 g/mol. The van der Waals surface area contributed by atoms with E-state index >= 15 is 0 Å². The molecule has 132 valence electrons. The van der Waals surface area contributed by atoms with Crippen LogP contribution in [0.25, 0.3) is 0 Å². The Morgan fingerprint density at radius 1 is 1.08 bits per heavy atom. The summed E-state index contributed by atoms with van der Waals surface area (Å²) in [5.74, 6) is 0.552. The molecule has 0 radical (unpaired) electrons. The van der Waals surface area contributed by atoms with E-state index in [-0.39, 0.29) is 18.4 Å². The lowest BCUT2D eigenvalue weighted by molar-refractivity contribution is -0.131.